The van der Waals surface area contributed by atoms with Crippen molar-refractivity contribution in [3.8, 4) is 5.75 Å². The van der Waals surface area contributed by atoms with Crippen LogP contribution >= 0.6 is 0 Å². The molecule has 3 N–H and O–H groups in total. The molecule has 0 saturated heterocycles. The summed E-state index contributed by atoms with van der Waals surface area (Å²) in [5.74, 6) is 0.0976. The zero-order valence-corrected chi connectivity index (χ0v) is 15.1. The van der Waals surface area contributed by atoms with Crippen LogP contribution in [0.2, 0.25) is 0 Å². The fourth-order valence-corrected chi connectivity index (χ4v) is 4.64. The lowest BCUT2D eigenvalue weighted by molar-refractivity contribution is -0.150. The minimum atomic E-state index is -3.61. The van der Waals surface area contributed by atoms with Crippen LogP contribution in [0.5, 0.6) is 5.75 Å². The van der Waals surface area contributed by atoms with Crippen molar-refractivity contribution in [2.45, 2.75) is 62.1 Å². The largest absolute Gasteiger partial charge is 0.478 e. The molecule has 1 aliphatic carbocycles. The van der Waals surface area contributed by atoms with Crippen LogP contribution in [0.15, 0.2) is 23.1 Å². The quantitative estimate of drug-likeness (QED) is 0.754. The van der Waals surface area contributed by atoms with Gasteiger partial charge < -0.3 is 15.2 Å². The van der Waals surface area contributed by atoms with E-state index in [9.17, 15) is 13.2 Å². The maximum atomic E-state index is 12.6. The first-order valence-corrected chi connectivity index (χ1v) is 10.1. The lowest BCUT2D eigenvalue weighted by Crippen LogP contribution is -2.40. The molecule has 1 unspecified atom stereocenters. The van der Waals surface area contributed by atoms with E-state index >= 15 is 0 Å². The first-order valence-electron chi connectivity index (χ1n) is 8.63. The van der Waals surface area contributed by atoms with Gasteiger partial charge in [-0.15, -0.1) is 0 Å². The van der Waals surface area contributed by atoms with Crippen LogP contribution in [0.3, 0.4) is 0 Å². The summed E-state index contributed by atoms with van der Waals surface area (Å²) >= 11 is 0. The third-order valence-corrected chi connectivity index (χ3v) is 6.18. The van der Waals surface area contributed by atoms with E-state index in [0.29, 0.717) is 17.7 Å². The summed E-state index contributed by atoms with van der Waals surface area (Å²) in [6, 6.07) is 4.76. The number of hydrogen-bond donors (Lipinski definition) is 2. The van der Waals surface area contributed by atoms with E-state index in [1.165, 1.54) is 6.07 Å². The highest BCUT2D eigenvalue weighted by Gasteiger charge is 2.32. The van der Waals surface area contributed by atoms with Gasteiger partial charge in [-0.1, -0.05) is 0 Å². The molecule has 0 radical (unpaired) electrons. The van der Waals surface area contributed by atoms with Crippen LogP contribution < -0.4 is 15.2 Å². The summed E-state index contributed by atoms with van der Waals surface area (Å²) in [6.07, 6.45) is 2.76. The van der Waals surface area contributed by atoms with Crippen LogP contribution in [0.4, 0.5) is 0 Å². The van der Waals surface area contributed by atoms with Gasteiger partial charge in [-0.3, -0.25) is 0 Å². The fraction of sp³-hybridized carbons (Fsp3) is 0.588. The average Bonchev–Trinajstić information content (AvgIpc) is 3.00. The minimum Gasteiger partial charge on any atom is -0.478 e. The Balaban J connectivity index is 1.70. The Morgan fingerprint density at radius 2 is 2.04 bits per heavy atom. The number of ether oxygens (including phenoxy) is 2. The van der Waals surface area contributed by atoms with Crippen molar-refractivity contribution in [2.75, 3.05) is 6.61 Å². The molecule has 1 heterocycles. The van der Waals surface area contributed by atoms with E-state index in [2.05, 4.69) is 4.72 Å². The van der Waals surface area contributed by atoms with Crippen molar-refractivity contribution >= 4 is 16.0 Å². The molecule has 0 amide bonds. The molecule has 138 valence electrons. The predicted molar refractivity (Wildman–Crippen MR) is 91.7 cm³/mol. The molecule has 1 saturated carbocycles. The summed E-state index contributed by atoms with van der Waals surface area (Å²) in [5, 5.41) is 0. The smallest absolute Gasteiger partial charge is 0.347 e. The van der Waals surface area contributed by atoms with Crippen molar-refractivity contribution in [3.05, 3.63) is 23.8 Å². The molecule has 25 heavy (non-hydrogen) atoms. The highest BCUT2D eigenvalue weighted by Crippen LogP contribution is 2.31. The summed E-state index contributed by atoms with van der Waals surface area (Å²) in [5.41, 5.74) is 6.56. The van der Waals surface area contributed by atoms with Crippen molar-refractivity contribution in [3.63, 3.8) is 0 Å². The Kier molecular flexibility index (Phi) is 5.31. The van der Waals surface area contributed by atoms with Gasteiger partial charge in [-0.25, -0.2) is 17.9 Å². The normalized spacial score (nSPS) is 25.9. The molecule has 0 spiro atoms. The van der Waals surface area contributed by atoms with Gasteiger partial charge in [-0.05, 0) is 56.4 Å². The third-order valence-electron chi connectivity index (χ3n) is 4.66. The Labute approximate surface area is 147 Å². The zero-order valence-electron chi connectivity index (χ0n) is 14.2. The monoisotopic (exact) mass is 368 g/mol. The van der Waals surface area contributed by atoms with Gasteiger partial charge in [0.2, 0.25) is 10.0 Å². The highest BCUT2D eigenvalue weighted by atomic mass is 32.2. The molecule has 1 aromatic rings. The molecular weight excluding hydrogens is 344 g/mol. The predicted octanol–water partition coefficient (Wildman–Crippen LogP) is 1.10. The molecule has 7 nitrogen and oxygen atoms in total. The number of esters is 1. The number of carbonyl (C=O) groups excluding carboxylic acids is 1. The number of carbonyl (C=O) groups is 1. The van der Waals surface area contributed by atoms with E-state index < -0.39 is 22.1 Å². The number of hydrogen-bond acceptors (Lipinski definition) is 6. The maximum Gasteiger partial charge on any atom is 0.347 e. The van der Waals surface area contributed by atoms with E-state index in [1.54, 1.807) is 19.1 Å². The minimum absolute atomic E-state index is 0.0819. The molecule has 8 heteroatoms. The van der Waals surface area contributed by atoms with Gasteiger partial charge in [0.05, 0.1) is 11.5 Å². The lowest BCUT2D eigenvalue weighted by atomic mass is 9.93. The van der Waals surface area contributed by atoms with Crippen LogP contribution in [-0.2, 0) is 26.0 Å². The summed E-state index contributed by atoms with van der Waals surface area (Å²) < 4.78 is 38.5. The van der Waals surface area contributed by atoms with E-state index in [0.717, 1.165) is 25.7 Å². The van der Waals surface area contributed by atoms with E-state index in [1.807, 2.05) is 0 Å². The standard InChI is InChI=1S/C17H24N2O5S/c1-2-23-17(20)16-10-11-9-14(7-8-15(11)24-16)25(21,22)19-13-5-3-12(18)4-6-13/h7-9,12-13,16,19H,2-6,10,18H2,1H3. The first-order chi connectivity index (χ1) is 11.9. The Morgan fingerprint density at radius 1 is 1.32 bits per heavy atom. The van der Waals surface area contributed by atoms with E-state index in [-0.39, 0.29) is 23.6 Å². The number of fused-ring (bicyclic) bond motifs is 1. The summed E-state index contributed by atoms with van der Waals surface area (Å²) in [7, 11) is -3.61. The Morgan fingerprint density at radius 3 is 2.72 bits per heavy atom. The lowest BCUT2D eigenvalue weighted by Gasteiger charge is -2.26. The van der Waals surface area contributed by atoms with Gasteiger partial charge in [0.25, 0.3) is 0 Å². The molecule has 1 fully saturated rings. The molecule has 1 atom stereocenters. The number of nitrogens with two attached hydrogens (primary N) is 1. The Bertz CT molecular complexity index is 741. The summed E-state index contributed by atoms with van der Waals surface area (Å²) in [4.78, 5) is 12.0. The molecule has 0 bridgehead atoms. The van der Waals surface area contributed by atoms with E-state index in [4.69, 9.17) is 15.2 Å². The van der Waals surface area contributed by atoms with Crippen molar-refractivity contribution in [2.24, 2.45) is 5.73 Å². The number of nitrogens with one attached hydrogen (secondary N) is 1. The SMILES string of the molecule is CCOC(=O)C1Cc2cc(S(=O)(=O)NC3CCC(N)CC3)ccc2O1. The second-order valence-electron chi connectivity index (χ2n) is 6.57. The second-order valence-corrected chi connectivity index (χ2v) is 8.28. The van der Waals surface area contributed by atoms with Gasteiger partial charge in [-0.2, -0.15) is 0 Å². The van der Waals surface area contributed by atoms with Gasteiger partial charge in [0.1, 0.15) is 5.75 Å². The average molecular weight is 368 g/mol. The molecule has 0 aromatic heterocycles. The van der Waals surface area contributed by atoms with Gasteiger partial charge in [0.15, 0.2) is 6.10 Å². The number of benzene rings is 1. The molecule has 3 rings (SSSR count). The van der Waals surface area contributed by atoms with Crippen molar-refractivity contribution in [1.82, 2.24) is 4.72 Å². The third kappa shape index (κ3) is 4.13. The topological polar surface area (TPSA) is 108 Å². The summed E-state index contributed by atoms with van der Waals surface area (Å²) in [6.45, 7) is 2.01. The van der Waals surface area contributed by atoms with Crippen LogP contribution in [0.25, 0.3) is 0 Å². The van der Waals surface area contributed by atoms with Crippen molar-refractivity contribution in [1.29, 1.82) is 0 Å². The molecular formula is C17H24N2O5S. The number of rotatable bonds is 5. The fourth-order valence-electron chi connectivity index (χ4n) is 3.28. The first kappa shape index (κ1) is 18.2. The van der Waals surface area contributed by atoms with Crippen molar-refractivity contribution < 1.29 is 22.7 Å². The highest BCUT2D eigenvalue weighted by molar-refractivity contribution is 7.89. The number of sulfonamides is 1. The van der Waals surface area contributed by atoms with Gasteiger partial charge >= 0.3 is 5.97 Å². The molecule has 1 aromatic carbocycles. The van der Waals surface area contributed by atoms with Crippen LogP contribution in [0, 0.1) is 0 Å². The Hall–Kier alpha value is -1.64. The maximum absolute atomic E-state index is 12.6. The van der Waals surface area contributed by atoms with Crippen LogP contribution in [0.1, 0.15) is 38.2 Å². The zero-order chi connectivity index (χ0) is 18.0. The molecule has 1 aliphatic heterocycles. The van der Waals surface area contributed by atoms with Gasteiger partial charge in [0, 0.05) is 18.5 Å². The van der Waals surface area contributed by atoms with Crippen LogP contribution in [-0.4, -0.2) is 39.2 Å². The second kappa shape index (κ2) is 7.31. The molecule has 2 aliphatic rings.